The number of likely N-dealkylation sites (N-methyl/N-ethyl adjacent to an activating group) is 1. The van der Waals surface area contributed by atoms with E-state index in [9.17, 15) is 18.0 Å². The summed E-state index contributed by atoms with van der Waals surface area (Å²) in [7, 11) is -4.13. The minimum Gasteiger partial charge on any atom is -0.339 e. The van der Waals surface area contributed by atoms with E-state index in [4.69, 9.17) is 4.55 Å². The van der Waals surface area contributed by atoms with E-state index in [0.29, 0.717) is 25.6 Å². The van der Waals surface area contributed by atoms with Crippen molar-refractivity contribution in [1.82, 2.24) is 9.80 Å². The van der Waals surface area contributed by atoms with Gasteiger partial charge in [-0.05, 0) is 50.2 Å². The maximum Gasteiger partial charge on any atom is 0.266 e. The first-order valence-corrected chi connectivity index (χ1v) is 10.6. The molecule has 26 heavy (non-hydrogen) atoms. The van der Waals surface area contributed by atoms with Crippen molar-refractivity contribution < 1.29 is 22.6 Å². The molecule has 2 atom stereocenters. The van der Waals surface area contributed by atoms with Crippen molar-refractivity contribution in [3.05, 3.63) is 25.3 Å². The molecule has 0 aliphatic heterocycles. The van der Waals surface area contributed by atoms with Crippen LogP contribution in [0.4, 0.5) is 0 Å². The summed E-state index contributed by atoms with van der Waals surface area (Å²) in [6.07, 6.45) is 6.33. The Morgan fingerprint density at radius 3 is 2.04 bits per heavy atom. The molecule has 7 nitrogen and oxygen atoms in total. The number of hydrogen-bond acceptors (Lipinski definition) is 4. The Morgan fingerprint density at radius 1 is 1.08 bits per heavy atom. The average molecular weight is 387 g/mol. The lowest BCUT2D eigenvalue weighted by molar-refractivity contribution is -0.126. The van der Waals surface area contributed by atoms with Gasteiger partial charge in [-0.3, -0.25) is 14.1 Å². The van der Waals surface area contributed by atoms with Crippen molar-refractivity contribution in [3.63, 3.8) is 0 Å². The molecule has 0 heterocycles. The van der Waals surface area contributed by atoms with Gasteiger partial charge in [0, 0.05) is 26.2 Å². The molecule has 0 bridgehead atoms. The van der Waals surface area contributed by atoms with Crippen LogP contribution in [0, 0.1) is 11.8 Å². The second kappa shape index (κ2) is 10.5. The van der Waals surface area contributed by atoms with Crippen molar-refractivity contribution in [1.29, 1.82) is 0 Å². The van der Waals surface area contributed by atoms with Gasteiger partial charge in [0.15, 0.2) is 0 Å². The SMILES string of the molecule is C=CC(=O)N(CC)CC1CCCC(CN(CCS(=O)(=O)O)C(=O)C=C)C1. The minimum absolute atomic E-state index is 0.0547. The molecule has 1 aliphatic carbocycles. The first kappa shape index (κ1) is 22.4. The highest BCUT2D eigenvalue weighted by atomic mass is 32.2. The third kappa shape index (κ3) is 7.70. The number of carbonyl (C=O) groups is 2. The van der Waals surface area contributed by atoms with Gasteiger partial charge < -0.3 is 9.80 Å². The van der Waals surface area contributed by atoms with Crippen LogP contribution in [-0.2, 0) is 19.7 Å². The summed E-state index contributed by atoms with van der Waals surface area (Å²) < 4.78 is 30.9. The predicted molar refractivity (Wildman–Crippen MR) is 101 cm³/mol. The van der Waals surface area contributed by atoms with Crippen LogP contribution < -0.4 is 0 Å². The Morgan fingerprint density at radius 2 is 1.58 bits per heavy atom. The summed E-state index contributed by atoms with van der Waals surface area (Å²) in [4.78, 5) is 27.1. The van der Waals surface area contributed by atoms with Gasteiger partial charge in [0.05, 0.1) is 5.75 Å². The van der Waals surface area contributed by atoms with E-state index in [0.717, 1.165) is 31.8 Å². The van der Waals surface area contributed by atoms with Crippen LogP contribution >= 0.6 is 0 Å². The smallest absolute Gasteiger partial charge is 0.266 e. The zero-order valence-corrected chi connectivity index (χ0v) is 16.3. The summed E-state index contributed by atoms with van der Waals surface area (Å²) in [5.74, 6) is -0.323. The third-order valence-electron chi connectivity index (χ3n) is 4.82. The fraction of sp³-hybridized carbons (Fsp3) is 0.667. The van der Waals surface area contributed by atoms with Crippen LogP contribution in [0.15, 0.2) is 25.3 Å². The topological polar surface area (TPSA) is 95.0 Å². The lowest BCUT2D eigenvalue weighted by Gasteiger charge is -2.35. The molecule has 148 valence electrons. The van der Waals surface area contributed by atoms with Gasteiger partial charge in [-0.1, -0.05) is 19.6 Å². The maximum atomic E-state index is 12.0. The normalized spacial score (nSPS) is 20.2. The van der Waals surface area contributed by atoms with Crippen molar-refractivity contribution in [2.75, 3.05) is 31.9 Å². The highest BCUT2D eigenvalue weighted by molar-refractivity contribution is 7.85. The molecule has 0 spiro atoms. The van der Waals surface area contributed by atoms with Crippen molar-refractivity contribution in [3.8, 4) is 0 Å². The van der Waals surface area contributed by atoms with Crippen molar-refractivity contribution >= 4 is 21.9 Å². The Labute approximate surface area is 156 Å². The van der Waals surface area contributed by atoms with Gasteiger partial charge in [-0.2, -0.15) is 8.42 Å². The average Bonchev–Trinajstić information content (AvgIpc) is 2.61. The maximum absolute atomic E-state index is 12.0. The van der Waals surface area contributed by atoms with E-state index in [1.807, 2.05) is 6.92 Å². The number of carbonyl (C=O) groups excluding carboxylic acids is 2. The van der Waals surface area contributed by atoms with Gasteiger partial charge in [0.1, 0.15) is 0 Å². The van der Waals surface area contributed by atoms with Crippen LogP contribution in [0.1, 0.15) is 32.6 Å². The van der Waals surface area contributed by atoms with Crippen LogP contribution in [0.2, 0.25) is 0 Å². The molecule has 0 aromatic rings. The summed E-state index contributed by atoms with van der Waals surface area (Å²) in [5, 5.41) is 0. The Balaban J connectivity index is 2.68. The van der Waals surface area contributed by atoms with E-state index in [2.05, 4.69) is 13.2 Å². The molecule has 1 N–H and O–H groups in total. The van der Waals surface area contributed by atoms with E-state index in [-0.39, 0.29) is 24.3 Å². The largest absolute Gasteiger partial charge is 0.339 e. The number of nitrogens with zero attached hydrogens (tertiary/aromatic N) is 2. The number of rotatable bonds is 10. The first-order valence-electron chi connectivity index (χ1n) is 8.98. The fourth-order valence-electron chi connectivity index (χ4n) is 3.51. The van der Waals surface area contributed by atoms with Crippen molar-refractivity contribution in [2.45, 2.75) is 32.6 Å². The van der Waals surface area contributed by atoms with Gasteiger partial charge in [-0.15, -0.1) is 0 Å². The predicted octanol–water partition coefficient (Wildman–Crippen LogP) is 1.73. The van der Waals surface area contributed by atoms with Crippen LogP contribution in [0.25, 0.3) is 0 Å². The van der Waals surface area contributed by atoms with E-state index < -0.39 is 15.9 Å². The molecule has 1 aliphatic rings. The molecule has 8 heteroatoms. The van der Waals surface area contributed by atoms with E-state index >= 15 is 0 Å². The monoisotopic (exact) mass is 386 g/mol. The molecule has 0 radical (unpaired) electrons. The lowest BCUT2D eigenvalue weighted by atomic mass is 9.80. The van der Waals surface area contributed by atoms with Gasteiger partial charge in [-0.25, -0.2) is 0 Å². The first-order chi connectivity index (χ1) is 12.2. The third-order valence-corrected chi connectivity index (χ3v) is 5.52. The molecule has 2 amide bonds. The highest BCUT2D eigenvalue weighted by Gasteiger charge is 2.27. The fourth-order valence-corrected chi connectivity index (χ4v) is 3.96. The number of hydrogen-bond donors (Lipinski definition) is 1. The molecule has 1 fully saturated rings. The van der Waals surface area contributed by atoms with Crippen LogP contribution in [0.5, 0.6) is 0 Å². The van der Waals surface area contributed by atoms with E-state index in [1.165, 1.54) is 11.0 Å². The summed E-state index contributed by atoms with van der Waals surface area (Å²) >= 11 is 0. The Bertz CT molecular complexity index is 617. The standard InChI is InChI=1S/C18H30N2O5S/c1-4-17(21)19(6-3)13-15-8-7-9-16(12-15)14-20(18(22)5-2)10-11-26(23,24)25/h4-5,15-16H,1-2,6-14H2,3H3,(H,23,24,25). The molecule has 2 unspecified atom stereocenters. The van der Waals surface area contributed by atoms with Gasteiger partial charge in [0.25, 0.3) is 10.1 Å². The van der Waals surface area contributed by atoms with E-state index in [1.54, 1.807) is 4.90 Å². The molecular formula is C18H30N2O5S. The molecule has 0 aromatic heterocycles. The van der Waals surface area contributed by atoms with Gasteiger partial charge >= 0.3 is 0 Å². The number of amides is 2. The zero-order valence-electron chi connectivity index (χ0n) is 15.5. The van der Waals surface area contributed by atoms with Crippen LogP contribution in [0.3, 0.4) is 0 Å². The van der Waals surface area contributed by atoms with Gasteiger partial charge in [0.2, 0.25) is 11.8 Å². The lowest BCUT2D eigenvalue weighted by Crippen LogP contribution is -2.40. The Kier molecular flexibility index (Phi) is 9.01. The summed E-state index contributed by atoms with van der Waals surface area (Å²) in [5.41, 5.74) is 0. The second-order valence-corrected chi connectivity index (χ2v) is 8.33. The molecule has 0 saturated heterocycles. The molecule has 1 saturated carbocycles. The molecular weight excluding hydrogens is 356 g/mol. The van der Waals surface area contributed by atoms with Crippen molar-refractivity contribution in [2.24, 2.45) is 11.8 Å². The quantitative estimate of drug-likeness (QED) is 0.456. The second-order valence-electron chi connectivity index (χ2n) is 6.75. The molecule has 0 aromatic carbocycles. The highest BCUT2D eigenvalue weighted by Crippen LogP contribution is 2.30. The zero-order chi connectivity index (χ0) is 19.7. The minimum atomic E-state index is -4.13. The van der Waals surface area contributed by atoms with Crippen LogP contribution in [-0.4, -0.2) is 66.5 Å². The summed E-state index contributed by atoms with van der Waals surface area (Å²) in [6.45, 7) is 10.6. The molecule has 1 rings (SSSR count). The Hall–Kier alpha value is -1.67. The summed E-state index contributed by atoms with van der Waals surface area (Å²) in [6, 6.07) is 0.